The molecule has 1 amide bonds. The minimum atomic E-state index is -0.273. The molecule has 1 aliphatic carbocycles. The number of aryl methyl sites for hydroxylation is 1. The van der Waals surface area contributed by atoms with E-state index in [2.05, 4.69) is 42.9 Å². The van der Waals surface area contributed by atoms with Crippen molar-refractivity contribution in [1.29, 1.82) is 0 Å². The van der Waals surface area contributed by atoms with E-state index in [4.69, 9.17) is 4.74 Å². The Morgan fingerprint density at radius 3 is 2.63 bits per heavy atom. The summed E-state index contributed by atoms with van der Waals surface area (Å²) in [4.78, 5) is 30.8. The van der Waals surface area contributed by atoms with Gasteiger partial charge in [0, 0.05) is 48.7 Å². The van der Waals surface area contributed by atoms with E-state index in [0.717, 1.165) is 31.5 Å². The van der Waals surface area contributed by atoms with Gasteiger partial charge in [0.15, 0.2) is 5.78 Å². The molecule has 1 aromatic carbocycles. The number of aromatic nitrogens is 1. The van der Waals surface area contributed by atoms with Crippen molar-refractivity contribution in [2.75, 3.05) is 18.5 Å². The highest BCUT2D eigenvalue weighted by Crippen LogP contribution is 2.25. The van der Waals surface area contributed by atoms with Crippen molar-refractivity contribution in [3.05, 3.63) is 47.3 Å². The lowest BCUT2D eigenvalue weighted by Crippen LogP contribution is -2.39. The highest BCUT2D eigenvalue weighted by molar-refractivity contribution is 6.13. The number of H-pyrrole nitrogens is 1. The van der Waals surface area contributed by atoms with Gasteiger partial charge in [0.2, 0.25) is 0 Å². The van der Waals surface area contributed by atoms with E-state index < -0.39 is 0 Å². The van der Waals surface area contributed by atoms with E-state index in [1.54, 1.807) is 6.20 Å². The van der Waals surface area contributed by atoms with Gasteiger partial charge >= 0.3 is 0 Å². The largest absolute Gasteiger partial charge is 0.492 e. The van der Waals surface area contributed by atoms with Crippen LogP contribution in [-0.4, -0.2) is 46.8 Å². The van der Waals surface area contributed by atoms with Crippen molar-refractivity contribution in [3.8, 4) is 5.75 Å². The Bertz CT molecular complexity index is 878. The molecule has 0 unspecified atom stereocenters. The summed E-state index contributed by atoms with van der Waals surface area (Å²) in [5, 5.41) is 2.91. The lowest BCUT2D eigenvalue weighted by Gasteiger charge is -2.30. The Morgan fingerprint density at radius 1 is 1.17 bits per heavy atom. The average Bonchev–Trinajstić information content (AvgIpc) is 3.04. The van der Waals surface area contributed by atoms with Gasteiger partial charge in [0.1, 0.15) is 12.4 Å². The van der Waals surface area contributed by atoms with Crippen molar-refractivity contribution >= 4 is 17.4 Å². The number of carbonyl (C=O) groups is 2. The Morgan fingerprint density at radius 2 is 1.90 bits per heavy atom. The first-order chi connectivity index (χ1) is 14.4. The molecule has 0 saturated carbocycles. The van der Waals surface area contributed by atoms with Crippen LogP contribution in [-0.2, 0) is 6.42 Å². The molecule has 6 nitrogen and oxygen atoms in total. The molecule has 0 bridgehead atoms. The third kappa shape index (κ3) is 5.30. The number of nitrogens with zero attached hydrogens (tertiary/aromatic N) is 1. The molecule has 1 aliphatic rings. The van der Waals surface area contributed by atoms with Gasteiger partial charge in [-0.3, -0.25) is 14.5 Å². The van der Waals surface area contributed by atoms with Crippen molar-refractivity contribution in [3.63, 3.8) is 0 Å². The molecule has 0 aliphatic heterocycles. The highest BCUT2D eigenvalue weighted by Gasteiger charge is 2.24. The lowest BCUT2D eigenvalue weighted by molar-refractivity contribution is 0.0965. The zero-order valence-corrected chi connectivity index (χ0v) is 18.5. The maximum absolute atomic E-state index is 12.8. The van der Waals surface area contributed by atoms with E-state index >= 15 is 0 Å². The first-order valence-corrected chi connectivity index (χ1v) is 10.9. The zero-order chi connectivity index (χ0) is 21.7. The summed E-state index contributed by atoms with van der Waals surface area (Å²) < 4.78 is 5.92. The van der Waals surface area contributed by atoms with E-state index in [1.807, 2.05) is 24.3 Å². The summed E-state index contributed by atoms with van der Waals surface area (Å²) in [7, 11) is 0. The van der Waals surface area contributed by atoms with Gasteiger partial charge in [-0.1, -0.05) is 6.07 Å². The number of hydrogen-bond donors (Lipinski definition) is 2. The Kier molecular flexibility index (Phi) is 7.32. The SMILES string of the molecule is CC(C)N(CCOc1cccc(NC(=O)c2c[nH]c3c2C(=O)CCCC3)c1)C(C)C. The van der Waals surface area contributed by atoms with Gasteiger partial charge in [-0.15, -0.1) is 0 Å². The van der Waals surface area contributed by atoms with Crippen LogP contribution in [0.25, 0.3) is 0 Å². The first-order valence-electron chi connectivity index (χ1n) is 10.9. The number of ether oxygens (including phenoxy) is 1. The second-order valence-electron chi connectivity index (χ2n) is 8.44. The molecule has 0 saturated heterocycles. The van der Waals surface area contributed by atoms with Crippen LogP contribution in [0.4, 0.5) is 5.69 Å². The molecule has 0 radical (unpaired) electrons. The Balaban J connectivity index is 1.64. The fraction of sp³-hybridized carbons (Fsp3) is 0.500. The number of anilines is 1. The summed E-state index contributed by atoms with van der Waals surface area (Å²) >= 11 is 0. The Labute approximate surface area is 179 Å². The second-order valence-corrected chi connectivity index (χ2v) is 8.44. The predicted molar refractivity (Wildman–Crippen MR) is 120 cm³/mol. The van der Waals surface area contributed by atoms with Gasteiger partial charge in [-0.05, 0) is 59.1 Å². The fourth-order valence-electron chi connectivity index (χ4n) is 4.12. The minimum absolute atomic E-state index is 0.0471. The van der Waals surface area contributed by atoms with Gasteiger partial charge in [0.05, 0.1) is 11.1 Å². The van der Waals surface area contributed by atoms with Crippen LogP contribution >= 0.6 is 0 Å². The number of carbonyl (C=O) groups excluding carboxylic acids is 2. The monoisotopic (exact) mass is 411 g/mol. The highest BCUT2D eigenvalue weighted by atomic mass is 16.5. The summed E-state index contributed by atoms with van der Waals surface area (Å²) in [5.74, 6) is 0.487. The quantitative estimate of drug-likeness (QED) is 0.619. The number of benzene rings is 1. The zero-order valence-electron chi connectivity index (χ0n) is 18.5. The minimum Gasteiger partial charge on any atom is -0.492 e. The van der Waals surface area contributed by atoms with Gasteiger partial charge in [-0.2, -0.15) is 0 Å². The maximum Gasteiger partial charge on any atom is 0.257 e. The van der Waals surface area contributed by atoms with Crippen molar-refractivity contribution in [2.45, 2.75) is 65.5 Å². The van der Waals surface area contributed by atoms with Crippen molar-refractivity contribution in [1.82, 2.24) is 9.88 Å². The molecule has 2 N–H and O–H groups in total. The number of nitrogens with one attached hydrogen (secondary N) is 2. The molecular weight excluding hydrogens is 378 g/mol. The molecular formula is C24H33N3O3. The number of aromatic amines is 1. The summed E-state index contributed by atoms with van der Waals surface area (Å²) in [6.07, 6.45) is 4.78. The number of amides is 1. The molecule has 1 aromatic heterocycles. The summed E-state index contributed by atoms with van der Waals surface area (Å²) in [6, 6.07) is 8.30. The summed E-state index contributed by atoms with van der Waals surface area (Å²) in [5.41, 5.74) is 2.50. The van der Waals surface area contributed by atoms with Crippen molar-refractivity contribution in [2.24, 2.45) is 0 Å². The van der Waals surface area contributed by atoms with Crippen LogP contribution in [0.5, 0.6) is 5.75 Å². The van der Waals surface area contributed by atoms with E-state index in [0.29, 0.717) is 47.7 Å². The normalized spacial score (nSPS) is 14.2. The van der Waals surface area contributed by atoms with E-state index in [-0.39, 0.29) is 11.7 Å². The van der Waals surface area contributed by atoms with Crippen LogP contribution in [0.3, 0.4) is 0 Å². The maximum atomic E-state index is 12.8. The molecule has 30 heavy (non-hydrogen) atoms. The van der Waals surface area contributed by atoms with Crippen LogP contribution in [0.15, 0.2) is 30.5 Å². The predicted octanol–water partition coefficient (Wildman–Crippen LogP) is 4.67. The summed E-state index contributed by atoms with van der Waals surface area (Å²) in [6.45, 7) is 10.1. The molecule has 1 heterocycles. The van der Waals surface area contributed by atoms with Gasteiger partial charge in [-0.25, -0.2) is 0 Å². The van der Waals surface area contributed by atoms with Crippen LogP contribution in [0.1, 0.15) is 73.4 Å². The standard InChI is InChI=1S/C24H33N3O3/c1-16(2)27(17(3)4)12-13-30-19-9-7-8-18(14-19)26-24(29)20-15-25-21-10-5-6-11-22(28)23(20)21/h7-9,14-17,25H,5-6,10-13H2,1-4H3,(H,26,29). The van der Waals surface area contributed by atoms with Crippen LogP contribution < -0.4 is 10.1 Å². The molecule has 162 valence electrons. The molecule has 0 spiro atoms. The number of rotatable bonds is 8. The second kappa shape index (κ2) is 9.94. The lowest BCUT2D eigenvalue weighted by atomic mass is 10.0. The van der Waals surface area contributed by atoms with Gasteiger partial charge in [0.25, 0.3) is 5.91 Å². The van der Waals surface area contributed by atoms with Crippen LogP contribution in [0, 0.1) is 0 Å². The molecule has 0 fully saturated rings. The van der Waals surface area contributed by atoms with Gasteiger partial charge < -0.3 is 15.0 Å². The van der Waals surface area contributed by atoms with E-state index in [9.17, 15) is 9.59 Å². The molecule has 3 rings (SSSR count). The first kappa shape index (κ1) is 22.1. The number of hydrogen-bond acceptors (Lipinski definition) is 4. The third-order valence-corrected chi connectivity index (χ3v) is 5.60. The molecule has 2 aromatic rings. The smallest absolute Gasteiger partial charge is 0.257 e. The van der Waals surface area contributed by atoms with Crippen molar-refractivity contribution < 1.29 is 14.3 Å². The average molecular weight is 412 g/mol. The van der Waals surface area contributed by atoms with Crippen LogP contribution in [0.2, 0.25) is 0 Å². The molecule has 0 atom stereocenters. The van der Waals surface area contributed by atoms with E-state index in [1.165, 1.54) is 0 Å². The Hall–Kier alpha value is -2.60. The fourth-order valence-corrected chi connectivity index (χ4v) is 4.12. The third-order valence-electron chi connectivity index (χ3n) is 5.60. The number of ketones is 1. The number of Topliss-reactive ketones (excluding diaryl/α,β-unsaturated/α-hetero) is 1. The topological polar surface area (TPSA) is 74.4 Å². The molecule has 6 heteroatoms. The number of fused-ring (bicyclic) bond motifs is 1.